The Hall–Kier alpha value is -1.58. The van der Waals surface area contributed by atoms with E-state index in [-0.39, 0.29) is 11.9 Å². The first-order chi connectivity index (χ1) is 9.09. The fourth-order valence-corrected chi connectivity index (χ4v) is 2.60. The van der Waals surface area contributed by atoms with Crippen LogP contribution in [0.1, 0.15) is 45.2 Å². The van der Waals surface area contributed by atoms with Gasteiger partial charge in [-0.2, -0.15) is 0 Å². The van der Waals surface area contributed by atoms with Crippen LogP contribution in [-0.2, 0) is 4.79 Å². The molecule has 0 aromatic carbocycles. The lowest BCUT2D eigenvalue weighted by Crippen LogP contribution is -2.28. The monoisotopic (exact) mass is 261 g/mol. The van der Waals surface area contributed by atoms with E-state index < -0.39 is 0 Å². The summed E-state index contributed by atoms with van der Waals surface area (Å²) in [5.74, 6) is 1.65. The van der Waals surface area contributed by atoms with Crippen molar-refractivity contribution < 1.29 is 4.79 Å². The van der Waals surface area contributed by atoms with Crippen LogP contribution < -0.4 is 5.32 Å². The van der Waals surface area contributed by atoms with E-state index in [1.807, 2.05) is 11.0 Å². The Morgan fingerprint density at radius 1 is 1.58 bits per heavy atom. The lowest BCUT2D eigenvalue weighted by atomic mass is 10.0. The van der Waals surface area contributed by atoms with Crippen LogP contribution in [0, 0.1) is 5.92 Å². The molecule has 1 amide bonds. The SMILES string of the molecule is CC(=O)N1CCC[C@H]1c1cccnc1NCC(C)C. The summed E-state index contributed by atoms with van der Waals surface area (Å²) in [4.78, 5) is 18.1. The van der Waals surface area contributed by atoms with Crippen molar-refractivity contribution in [2.45, 2.75) is 39.7 Å². The topological polar surface area (TPSA) is 45.2 Å². The highest BCUT2D eigenvalue weighted by molar-refractivity contribution is 5.74. The van der Waals surface area contributed by atoms with Gasteiger partial charge in [0.2, 0.25) is 5.91 Å². The number of hydrogen-bond acceptors (Lipinski definition) is 3. The third kappa shape index (κ3) is 3.25. The van der Waals surface area contributed by atoms with Gasteiger partial charge >= 0.3 is 0 Å². The third-order valence-corrected chi connectivity index (χ3v) is 3.53. The zero-order valence-corrected chi connectivity index (χ0v) is 12.0. The van der Waals surface area contributed by atoms with Gasteiger partial charge in [-0.25, -0.2) is 4.98 Å². The van der Waals surface area contributed by atoms with Gasteiger partial charge in [-0.1, -0.05) is 19.9 Å². The molecule has 1 aromatic heterocycles. The lowest BCUT2D eigenvalue weighted by Gasteiger charge is -2.25. The standard InChI is InChI=1S/C15H23N3O/c1-11(2)10-17-15-13(6-4-8-16-15)14-7-5-9-18(14)12(3)19/h4,6,8,11,14H,5,7,9-10H2,1-3H3,(H,16,17)/t14-/m0/s1. The lowest BCUT2D eigenvalue weighted by molar-refractivity contribution is -0.129. The largest absolute Gasteiger partial charge is 0.370 e. The minimum atomic E-state index is 0.154. The summed E-state index contributed by atoms with van der Waals surface area (Å²) in [5.41, 5.74) is 1.15. The molecule has 104 valence electrons. The predicted molar refractivity (Wildman–Crippen MR) is 76.9 cm³/mol. The maximum absolute atomic E-state index is 11.7. The molecular formula is C15H23N3O. The number of nitrogens with one attached hydrogen (secondary N) is 1. The summed E-state index contributed by atoms with van der Waals surface area (Å²) in [6, 6.07) is 4.22. The number of likely N-dealkylation sites (tertiary alicyclic amines) is 1. The van der Waals surface area contributed by atoms with Gasteiger partial charge in [0, 0.05) is 31.8 Å². The molecule has 1 saturated heterocycles. The maximum Gasteiger partial charge on any atom is 0.219 e. The average molecular weight is 261 g/mol. The van der Waals surface area contributed by atoms with Crippen molar-refractivity contribution in [1.29, 1.82) is 0 Å². The Kier molecular flexibility index (Phi) is 4.40. The van der Waals surface area contributed by atoms with Crippen LogP contribution in [0.3, 0.4) is 0 Å². The van der Waals surface area contributed by atoms with E-state index in [1.54, 1.807) is 13.1 Å². The molecule has 4 nitrogen and oxygen atoms in total. The molecule has 2 heterocycles. The Morgan fingerprint density at radius 3 is 3.05 bits per heavy atom. The zero-order valence-electron chi connectivity index (χ0n) is 12.0. The van der Waals surface area contributed by atoms with E-state index in [4.69, 9.17) is 0 Å². The van der Waals surface area contributed by atoms with Crippen LogP contribution in [-0.4, -0.2) is 28.9 Å². The van der Waals surface area contributed by atoms with Gasteiger partial charge in [-0.15, -0.1) is 0 Å². The number of carbonyl (C=O) groups is 1. The summed E-state index contributed by atoms with van der Waals surface area (Å²) in [5, 5.41) is 3.40. The fraction of sp³-hybridized carbons (Fsp3) is 0.600. The van der Waals surface area contributed by atoms with E-state index in [0.717, 1.165) is 37.3 Å². The molecule has 2 rings (SSSR count). The normalized spacial score (nSPS) is 18.9. The highest BCUT2D eigenvalue weighted by Crippen LogP contribution is 2.34. The number of anilines is 1. The quantitative estimate of drug-likeness (QED) is 0.906. The van der Waals surface area contributed by atoms with E-state index >= 15 is 0 Å². The van der Waals surface area contributed by atoms with Crippen LogP contribution in [0.15, 0.2) is 18.3 Å². The van der Waals surface area contributed by atoms with Gasteiger partial charge in [-0.3, -0.25) is 4.79 Å². The molecule has 1 atom stereocenters. The van der Waals surface area contributed by atoms with Gasteiger partial charge in [0.1, 0.15) is 5.82 Å². The van der Waals surface area contributed by atoms with Crippen LogP contribution in [0.2, 0.25) is 0 Å². The second kappa shape index (κ2) is 6.04. The van der Waals surface area contributed by atoms with Crippen molar-refractivity contribution in [3.05, 3.63) is 23.9 Å². The number of nitrogens with zero attached hydrogens (tertiary/aromatic N) is 2. The third-order valence-electron chi connectivity index (χ3n) is 3.53. The second-order valence-electron chi connectivity index (χ2n) is 5.59. The van der Waals surface area contributed by atoms with Crippen molar-refractivity contribution in [3.8, 4) is 0 Å². The molecule has 0 radical (unpaired) electrons. The summed E-state index contributed by atoms with van der Waals surface area (Å²) >= 11 is 0. The minimum absolute atomic E-state index is 0.154. The van der Waals surface area contributed by atoms with Gasteiger partial charge in [0.15, 0.2) is 0 Å². The van der Waals surface area contributed by atoms with Gasteiger partial charge in [-0.05, 0) is 24.8 Å². The van der Waals surface area contributed by atoms with Crippen molar-refractivity contribution >= 4 is 11.7 Å². The van der Waals surface area contributed by atoms with E-state index in [2.05, 4.69) is 30.2 Å². The smallest absolute Gasteiger partial charge is 0.219 e. The number of carbonyl (C=O) groups excluding carboxylic acids is 1. The van der Waals surface area contributed by atoms with Gasteiger partial charge in [0.25, 0.3) is 0 Å². The predicted octanol–water partition coefficient (Wildman–Crippen LogP) is 2.83. The number of hydrogen-bond donors (Lipinski definition) is 1. The molecule has 1 aliphatic heterocycles. The van der Waals surface area contributed by atoms with E-state index in [0.29, 0.717) is 5.92 Å². The fourth-order valence-electron chi connectivity index (χ4n) is 2.60. The van der Waals surface area contributed by atoms with Crippen molar-refractivity contribution in [2.24, 2.45) is 5.92 Å². The first-order valence-corrected chi connectivity index (χ1v) is 7.05. The molecule has 0 spiro atoms. The van der Waals surface area contributed by atoms with E-state index in [9.17, 15) is 4.79 Å². The number of pyridine rings is 1. The van der Waals surface area contributed by atoms with Crippen LogP contribution in [0.5, 0.6) is 0 Å². The Bertz CT molecular complexity index is 445. The summed E-state index contributed by atoms with van der Waals surface area (Å²) in [7, 11) is 0. The van der Waals surface area contributed by atoms with Crippen LogP contribution in [0.25, 0.3) is 0 Å². The molecule has 0 saturated carbocycles. The molecule has 0 bridgehead atoms. The molecule has 1 N–H and O–H groups in total. The van der Waals surface area contributed by atoms with Gasteiger partial charge < -0.3 is 10.2 Å². The summed E-state index contributed by atoms with van der Waals surface area (Å²) in [6.07, 6.45) is 3.91. The first kappa shape index (κ1) is 13.8. The molecule has 4 heteroatoms. The van der Waals surface area contributed by atoms with Crippen molar-refractivity contribution in [3.63, 3.8) is 0 Å². The molecule has 0 unspecified atom stereocenters. The molecule has 0 aliphatic carbocycles. The first-order valence-electron chi connectivity index (χ1n) is 7.05. The highest BCUT2D eigenvalue weighted by Gasteiger charge is 2.29. The Morgan fingerprint density at radius 2 is 2.37 bits per heavy atom. The zero-order chi connectivity index (χ0) is 13.8. The second-order valence-corrected chi connectivity index (χ2v) is 5.59. The van der Waals surface area contributed by atoms with Crippen LogP contribution >= 0.6 is 0 Å². The van der Waals surface area contributed by atoms with Crippen molar-refractivity contribution in [1.82, 2.24) is 9.88 Å². The van der Waals surface area contributed by atoms with Gasteiger partial charge in [0.05, 0.1) is 6.04 Å². The number of amides is 1. The summed E-state index contributed by atoms with van der Waals surface area (Å²) in [6.45, 7) is 7.76. The maximum atomic E-state index is 11.7. The average Bonchev–Trinajstić information content (AvgIpc) is 2.85. The minimum Gasteiger partial charge on any atom is -0.370 e. The number of aromatic nitrogens is 1. The molecule has 1 fully saturated rings. The molecule has 1 aromatic rings. The molecule has 1 aliphatic rings. The van der Waals surface area contributed by atoms with Crippen LogP contribution in [0.4, 0.5) is 5.82 Å². The summed E-state index contributed by atoms with van der Waals surface area (Å²) < 4.78 is 0. The Balaban J connectivity index is 2.21. The molecule has 19 heavy (non-hydrogen) atoms. The van der Waals surface area contributed by atoms with E-state index in [1.165, 1.54) is 0 Å². The molecular weight excluding hydrogens is 238 g/mol. The van der Waals surface area contributed by atoms with Crippen molar-refractivity contribution in [2.75, 3.05) is 18.4 Å². The highest BCUT2D eigenvalue weighted by atomic mass is 16.2. The number of rotatable bonds is 4. The Labute approximate surface area is 115 Å².